The van der Waals surface area contributed by atoms with Crippen LogP contribution in [0.15, 0.2) is 237 Å². The number of ether oxygens (including phenoxy) is 2. The van der Waals surface area contributed by atoms with Crippen LogP contribution < -0.4 is 14.4 Å². The van der Waals surface area contributed by atoms with E-state index in [-0.39, 0.29) is 0 Å². The van der Waals surface area contributed by atoms with Crippen LogP contribution in [0.5, 0.6) is 23.0 Å². The lowest BCUT2D eigenvalue weighted by molar-refractivity contribution is 0.360. The second-order valence-electron chi connectivity index (χ2n) is 16.8. The molecular formula is C61H39NO2. The van der Waals surface area contributed by atoms with Gasteiger partial charge in [-0.1, -0.05) is 188 Å². The van der Waals surface area contributed by atoms with E-state index in [9.17, 15) is 0 Å². The van der Waals surface area contributed by atoms with E-state index >= 15 is 0 Å². The number of hydrogen-bond acceptors (Lipinski definition) is 3. The van der Waals surface area contributed by atoms with Gasteiger partial charge in [0.15, 0.2) is 23.0 Å². The Morgan fingerprint density at radius 2 is 0.797 bits per heavy atom. The van der Waals surface area contributed by atoms with Crippen LogP contribution in [0.2, 0.25) is 0 Å². The van der Waals surface area contributed by atoms with Gasteiger partial charge < -0.3 is 14.4 Å². The smallest absolute Gasteiger partial charge is 0.194 e. The number of fused-ring (bicyclic) bond motifs is 12. The average molecular weight is 818 g/mol. The van der Waals surface area contributed by atoms with Crippen molar-refractivity contribution in [2.45, 2.75) is 5.41 Å². The summed E-state index contributed by atoms with van der Waals surface area (Å²) in [7, 11) is 0. The lowest BCUT2D eigenvalue weighted by Gasteiger charge is -2.32. The van der Waals surface area contributed by atoms with Gasteiger partial charge in [0, 0.05) is 11.4 Å². The van der Waals surface area contributed by atoms with E-state index in [0.717, 1.165) is 56.0 Å². The van der Waals surface area contributed by atoms with E-state index < -0.39 is 5.41 Å². The standard InChI is InChI=1S/C61H39NO2/c1-4-18-40(19-5-1)43-24-16-25-44(36-43)62(45-34-35-46(41-20-6-2-7-21-41)50(37-45)42-22-8-3-9-23-42)56-32-17-33-57-60(56)64-58-38-51-49-28-12-15-31-54(49)61(55(51)39-59(58)63-57)52-29-13-10-26-47(52)48-27-11-14-30-53(48)61/h1-39H. The molecule has 0 atom stereocenters. The molecule has 0 amide bonds. The number of anilines is 3. The maximum Gasteiger partial charge on any atom is 0.194 e. The van der Waals surface area contributed by atoms with Crippen molar-refractivity contribution >= 4 is 17.1 Å². The van der Waals surface area contributed by atoms with Crippen LogP contribution in [0.4, 0.5) is 17.1 Å². The van der Waals surface area contributed by atoms with Crippen molar-refractivity contribution in [2.75, 3.05) is 4.90 Å². The number of benzene rings is 10. The monoisotopic (exact) mass is 817 g/mol. The molecule has 1 aliphatic heterocycles. The molecule has 64 heavy (non-hydrogen) atoms. The summed E-state index contributed by atoms with van der Waals surface area (Å²) in [6.45, 7) is 0. The molecule has 3 heteroatoms. The Labute approximate surface area is 372 Å². The van der Waals surface area contributed by atoms with Crippen LogP contribution in [-0.2, 0) is 5.41 Å². The highest BCUT2D eigenvalue weighted by Gasteiger charge is 2.52. The fraction of sp³-hybridized carbons (Fsp3) is 0.0164. The molecule has 300 valence electrons. The third-order valence-electron chi connectivity index (χ3n) is 13.3. The first-order valence-corrected chi connectivity index (χ1v) is 21.9. The average Bonchev–Trinajstić information content (AvgIpc) is 3.83. The van der Waals surface area contributed by atoms with Gasteiger partial charge in [-0.25, -0.2) is 0 Å². The van der Waals surface area contributed by atoms with Gasteiger partial charge in [-0.15, -0.1) is 0 Å². The second-order valence-corrected chi connectivity index (χ2v) is 16.8. The zero-order valence-corrected chi connectivity index (χ0v) is 34.8. The van der Waals surface area contributed by atoms with E-state index in [2.05, 4.69) is 235 Å². The Morgan fingerprint density at radius 3 is 1.45 bits per heavy atom. The quantitative estimate of drug-likeness (QED) is 0.167. The van der Waals surface area contributed by atoms with E-state index in [1.807, 2.05) is 6.07 Å². The van der Waals surface area contributed by atoms with Crippen LogP contribution in [0.25, 0.3) is 55.6 Å². The molecule has 0 radical (unpaired) electrons. The van der Waals surface area contributed by atoms with Crippen LogP contribution >= 0.6 is 0 Å². The zero-order chi connectivity index (χ0) is 42.2. The molecule has 10 aromatic carbocycles. The molecule has 0 saturated carbocycles. The Kier molecular flexibility index (Phi) is 8.13. The highest BCUT2D eigenvalue weighted by Crippen LogP contribution is 2.65. The molecule has 2 aliphatic carbocycles. The SMILES string of the molecule is c1ccc(-c2cccc(N(c3ccc(-c4ccccc4)c(-c4ccccc4)c3)c3cccc4c3Oc3cc5c(cc3O4)C3(c4ccccc4-c4ccccc43)c3ccccc3-5)c2)cc1. The third kappa shape index (κ3) is 5.41. The van der Waals surface area contributed by atoms with Crippen LogP contribution in [0.3, 0.4) is 0 Å². The minimum atomic E-state index is -0.484. The maximum absolute atomic E-state index is 7.22. The van der Waals surface area contributed by atoms with Crippen molar-refractivity contribution in [3.8, 4) is 78.6 Å². The summed E-state index contributed by atoms with van der Waals surface area (Å²) in [6, 6.07) is 84.7. The van der Waals surface area contributed by atoms with Crippen molar-refractivity contribution in [1.29, 1.82) is 0 Å². The van der Waals surface area contributed by atoms with Crippen LogP contribution in [0.1, 0.15) is 22.3 Å². The lowest BCUT2D eigenvalue weighted by atomic mass is 9.70. The molecule has 0 N–H and O–H groups in total. The fourth-order valence-corrected chi connectivity index (χ4v) is 10.6. The van der Waals surface area contributed by atoms with Gasteiger partial charge in [0.1, 0.15) is 0 Å². The molecule has 0 unspecified atom stereocenters. The summed E-state index contributed by atoms with van der Waals surface area (Å²) in [5, 5.41) is 0. The largest absolute Gasteiger partial charge is 0.449 e. The zero-order valence-electron chi connectivity index (χ0n) is 34.8. The molecule has 10 aromatic rings. The topological polar surface area (TPSA) is 21.7 Å². The lowest BCUT2D eigenvalue weighted by Crippen LogP contribution is -2.25. The van der Waals surface area contributed by atoms with Crippen molar-refractivity contribution in [1.82, 2.24) is 0 Å². The molecule has 1 spiro atoms. The Balaban J connectivity index is 0.997. The highest BCUT2D eigenvalue weighted by atomic mass is 16.6. The first kappa shape index (κ1) is 36.3. The minimum absolute atomic E-state index is 0.484. The normalized spacial score (nSPS) is 13.1. The van der Waals surface area contributed by atoms with Gasteiger partial charge in [-0.05, 0) is 126 Å². The van der Waals surface area contributed by atoms with E-state index in [1.54, 1.807) is 0 Å². The number of hydrogen-bond donors (Lipinski definition) is 0. The van der Waals surface area contributed by atoms with Crippen molar-refractivity contribution < 1.29 is 9.47 Å². The first-order valence-electron chi connectivity index (χ1n) is 21.9. The Morgan fingerprint density at radius 1 is 0.281 bits per heavy atom. The van der Waals surface area contributed by atoms with E-state index in [1.165, 1.54) is 38.9 Å². The molecule has 0 saturated heterocycles. The number of rotatable bonds is 6. The van der Waals surface area contributed by atoms with Crippen molar-refractivity contribution in [3.63, 3.8) is 0 Å². The third-order valence-corrected chi connectivity index (χ3v) is 13.3. The summed E-state index contributed by atoms with van der Waals surface area (Å²) in [4.78, 5) is 2.31. The molecular weight excluding hydrogens is 779 g/mol. The van der Waals surface area contributed by atoms with E-state index in [0.29, 0.717) is 23.0 Å². The molecule has 3 aliphatic rings. The van der Waals surface area contributed by atoms with Crippen LogP contribution in [-0.4, -0.2) is 0 Å². The van der Waals surface area contributed by atoms with E-state index in [4.69, 9.17) is 9.47 Å². The molecule has 0 aromatic heterocycles. The molecule has 13 rings (SSSR count). The number of nitrogens with zero attached hydrogens (tertiary/aromatic N) is 1. The van der Waals surface area contributed by atoms with Gasteiger partial charge in [-0.3, -0.25) is 0 Å². The summed E-state index contributed by atoms with van der Waals surface area (Å²) in [6.07, 6.45) is 0. The van der Waals surface area contributed by atoms with Gasteiger partial charge in [0.05, 0.1) is 11.1 Å². The molecule has 0 fully saturated rings. The van der Waals surface area contributed by atoms with Gasteiger partial charge in [0.2, 0.25) is 0 Å². The predicted molar refractivity (Wildman–Crippen MR) is 260 cm³/mol. The maximum atomic E-state index is 7.22. The molecule has 3 nitrogen and oxygen atoms in total. The summed E-state index contributed by atoms with van der Waals surface area (Å²) in [5.41, 5.74) is 19.2. The highest BCUT2D eigenvalue weighted by molar-refractivity contribution is 5.97. The Hall–Kier alpha value is -8.40. The fourth-order valence-electron chi connectivity index (χ4n) is 10.6. The molecule has 1 heterocycles. The summed E-state index contributed by atoms with van der Waals surface area (Å²) < 4.78 is 14.3. The summed E-state index contributed by atoms with van der Waals surface area (Å²) >= 11 is 0. The van der Waals surface area contributed by atoms with Gasteiger partial charge in [0.25, 0.3) is 0 Å². The van der Waals surface area contributed by atoms with Crippen molar-refractivity contribution in [3.05, 3.63) is 259 Å². The second kappa shape index (κ2) is 14.3. The first-order chi connectivity index (χ1) is 31.7. The Bertz CT molecular complexity index is 3400. The predicted octanol–water partition coefficient (Wildman–Crippen LogP) is 16.4. The van der Waals surface area contributed by atoms with Gasteiger partial charge >= 0.3 is 0 Å². The minimum Gasteiger partial charge on any atom is -0.449 e. The van der Waals surface area contributed by atoms with Crippen molar-refractivity contribution in [2.24, 2.45) is 0 Å². The summed E-state index contributed by atoms with van der Waals surface area (Å²) in [5.74, 6) is 2.71. The van der Waals surface area contributed by atoms with Gasteiger partial charge in [-0.2, -0.15) is 0 Å². The van der Waals surface area contributed by atoms with Crippen LogP contribution in [0, 0.1) is 0 Å². The number of para-hydroxylation sites is 1. The molecule has 0 bridgehead atoms.